The first kappa shape index (κ1) is 11.8. The molecule has 0 bridgehead atoms. The van der Waals surface area contributed by atoms with Crippen molar-refractivity contribution in [3.05, 3.63) is 41.5 Å². The van der Waals surface area contributed by atoms with Crippen molar-refractivity contribution in [3.63, 3.8) is 0 Å². The molecule has 1 aromatic heterocycles. The lowest BCUT2D eigenvalue weighted by Gasteiger charge is -2.11. The highest BCUT2D eigenvalue weighted by Gasteiger charge is 2.10. The van der Waals surface area contributed by atoms with Crippen LogP contribution in [0.15, 0.2) is 24.4 Å². The van der Waals surface area contributed by atoms with Crippen LogP contribution in [0.5, 0.6) is 0 Å². The predicted octanol–water partition coefficient (Wildman–Crippen LogP) is 2.59. The van der Waals surface area contributed by atoms with Crippen molar-refractivity contribution >= 4 is 0 Å². The standard InChI is InChI=1S/C13H16FN3/c1-9-12(7-15-16-9)11-6-10(8-17(2)3)4-5-13(11)14/h4-7H,8H2,1-3H3,(H,15,16). The molecule has 17 heavy (non-hydrogen) atoms. The fraction of sp³-hybridized carbons (Fsp3) is 0.308. The van der Waals surface area contributed by atoms with Crippen LogP contribution in [0.25, 0.3) is 11.1 Å². The third-order valence-electron chi connectivity index (χ3n) is 2.65. The van der Waals surface area contributed by atoms with E-state index in [2.05, 4.69) is 15.1 Å². The van der Waals surface area contributed by atoms with Crippen LogP contribution in [0, 0.1) is 12.7 Å². The summed E-state index contributed by atoms with van der Waals surface area (Å²) in [5.74, 6) is -0.211. The van der Waals surface area contributed by atoms with Crippen molar-refractivity contribution in [2.24, 2.45) is 0 Å². The van der Waals surface area contributed by atoms with E-state index in [4.69, 9.17) is 0 Å². The molecule has 0 spiro atoms. The average Bonchev–Trinajstić information content (AvgIpc) is 2.67. The molecule has 90 valence electrons. The summed E-state index contributed by atoms with van der Waals surface area (Å²) in [7, 11) is 3.98. The molecule has 4 heteroatoms. The number of nitrogens with zero attached hydrogens (tertiary/aromatic N) is 2. The molecule has 0 saturated heterocycles. The molecular formula is C13H16FN3. The van der Waals surface area contributed by atoms with Crippen LogP contribution >= 0.6 is 0 Å². The average molecular weight is 233 g/mol. The lowest BCUT2D eigenvalue weighted by atomic mass is 10.0. The zero-order valence-electron chi connectivity index (χ0n) is 10.3. The molecule has 0 unspecified atom stereocenters. The summed E-state index contributed by atoms with van der Waals surface area (Å²) >= 11 is 0. The third kappa shape index (κ3) is 2.53. The molecule has 1 aromatic carbocycles. The Labute approximate surface area is 100 Å². The van der Waals surface area contributed by atoms with Gasteiger partial charge in [0.15, 0.2) is 0 Å². The van der Waals surface area contributed by atoms with E-state index in [0.717, 1.165) is 23.4 Å². The van der Waals surface area contributed by atoms with Crippen LogP contribution in [0.1, 0.15) is 11.3 Å². The topological polar surface area (TPSA) is 31.9 Å². The second-order valence-electron chi connectivity index (χ2n) is 4.46. The molecule has 2 rings (SSSR count). The highest BCUT2D eigenvalue weighted by Crippen LogP contribution is 2.25. The van der Waals surface area contributed by atoms with Crippen LogP contribution in [0.4, 0.5) is 4.39 Å². The van der Waals surface area contributed by atoms with Gasteiger partial charge in [-0.15, -0.1) is 0 Å². The van der Waals surface area contributed by atoms with E-state index in [9.17, 15) is 4.39 Å². The number of aromatic amines is 1. The maximum Gasteiger partial charge on any atom is 0.131 e. The minimum absolute atomic E-state index is 0.211. The van der Waals surface area contributed by atoms with Gasteiger partial charge in [-0.2, -0.15) is 5.10 Å². The van der Waals surface area contributed by atoms with Crippen LogP contribution in [-0.4, -0.2) is 29.2 Å². The summed E-state index contributed by atoms with van der Waals surface area (Å²) in [4.78, 5) is 2.05. The summed E-state index contributed by atoms with van der Waals surface area (Å²) in [6, 6.07) is 5.21. The Balaban J connectivity index is 2.43. The van der Waals surface area contributed by atoms with Gasteiger partial charge in [-0.25, -0.2) is 4.39 Å². The van der Waals surface area contributed by atoms with Gasteiger partial charge in [0.25, 0.3) is 0 Å². The SMILES string of the molecule is Cc1[nH]ncc1-c1cc(CN(C)C)ccc1F. The van der Waals surface area contributed by atoms with Crippen molar-refractivity contribution < 1.29 is 4.39 Å². The fourth-order valence-electron chi connectivity index (χ4n) is 1.86. The largest absolute Gasteiger partial charge is 0.305 e. The lowest BCUT2D eigenvalue weighted by Crippen LogP contribution is -2.10. The number of nitrogens with one attached hydrogen (secondary N) is 1. The van der Waals surface area contributed by atoms with Crippen LogP contribution in [0.2, 0.25) is 0 Å². The van der Waals surface area contributed by atoms with E-state index in [1.807, 2.05) is 33.2 Å². The normalized spacial score (nSPS) is 11.1. The van der Waals surface area contributed by atoms with Crippen LogP contribution in [-0.2, 0) is 6.54 Å². The number of H-pyrrole nitrogens is 1. The first-order valence-corrected chi connectivity index (χ1v) is 5.51. The number of hydrogen-bond acceptors (Lipinski definition) is 2. The van der Waals surface area contributed by atoms with E-state index in [1.54, 1.807) is 6.20 Å². The molecule has 0 aliphatic carbocycles. The van der Waals surface area contributed by atoms with Crippen molar-refractivity contribution in [2.45, 2.75) is 13.5 Å². The molecule has 1 heterocycles. The quantitative estimate of drug-likeness (QED) is 0.883. The van der Waals surface area contributed by atoms with Gasteiger partial charge in [0, 0.05) is 23.4 Å². The highest BCUT2D eigenvalue weighted by molar-refractivity contribution is 5.66. The van der Waals surface area contributed by atoms with Gasteiger partial charge in [-0.1, -0.05) is 6.07 Å². The Morgan fingerprint density at radius 1 is 1.29 bits per heavy atom. The monoisotopic (exact) mass is 233 g/mol. The minimum Gasteiger partial charge on any atom is -0.305 e. The Kier molecular flexibility index (Phi) is 3.24. The fourth-order valence-corrected chi connectivity index (χ4v) is 1.86. The Hall–Kier alpha value is -1.68. The van der Waals surface area contributed by atoms with Crippen molar-refractivity contribution in [1.82, 2.24) is 15.1 Å². The van der Waals surface area contributed by atoms with E-state index in [1.165, 1.54) is 6.07 Å². The Morgan fingerprint density at radius 3 is 2.65 bits per heavy atom. The van der Waals surface area contributed by atoms with E-state index in [-0.39, 0.29) is 5.82 Å². The lowest BCUT2D eigenvalue weighted by molar-refractivity contribution is 0.402. The minimum atomic E-state index is -0.211. The van der Waals surface area contributed by atoms with E-state index in [0.29, 0.717) is 5.56 Å². The van der Waals surface area contributed by atoms with Gasteiger partial charge in [0.1, 0.15) is 5.82 Å². The summed E-state index contributed by atoms with van der Waals surface area (Å²) < 4.78 is 13.8. The van der Waals surface area contributed by atoms with E-state index < -0.39 is 0 Å². The molecule has 3 nitrogen and oxygen atoms in total. The van der Waals surface area contributed by atoms with Gasteiger partial charge >= 0.3 is 0 Å². The molecule has 0 fully saturated rings. The van der Waals surface area contributed by atoms with Crippen molar-refractivity contribution in [1.29, 1.82) is 0 Å². The van der Waals surface area contributed by atoms with Crippen LogP contribution in [0.3, 0.4) is 0 Å². The van der Waals surface area contributed by atoms with Gasteiger partial charge in [-0.3, -0.25) is 5.10 Å². The van der Waals surface area contributed by atoms with Crippen molar-refractivity contribution in [2.75, 3.05) is 14.1 Å². The smallest absolute Gasteiger partial charge is 0.131 e. The maximum atomic E-state index is 13.8. The molecule has 1 N–H and O–H groups in total. The summed E-state index contributed by atoms with van der Waals surface area (Å²) in [5, 5.41) is 6.76. The number of hydrogen-bond donors (Lipinski definition) is 1. The van der Waals surface area contributed by atoms with Crippen LogP contribution < -0.4 is 0 Å². The van der Waals surface area contributed by atoms with E-state index >= 15 is 0 Å². The number of rotatable bonds is 3. The Bertz CT molecular complexity index is 517. The predicted molar refractivity (Wildman–Crippen MR) is 66.1 cm³/mol. The molecule has 0 atom stereocenters. The molecule has 0 radical (unpaired) electrons. The van der Waals surface area contributed by atoms with Gasteiger partial charge in [0.2, 0.25) is 0 Å². The van der Waals surface area contributed by atoms with Gasteiger partial charge < -0.3 is 4.90 Å². The molecular weight excluding hydrogens is 217 g/mol. The molecule has 0 aliphatic heterocycles. The maximum absolute atomic E-state index is 13.8. The van der Waals surface area contributed by atoms with Gasteiger partial charge in [0.05, 0.1) is 6.20 Å². The number of benzene rings is 1. The summed E-state index contributed by atoms with van der Waals surface area (Å²) in [5.41, 5.74) is 3.40. The molecule has 0 amide bonds. The molecule has 2 aromatic rings. The second-order valence-corrected chi connectivity index (χ2v) is 4.46. The van der Waals surface area contributed by atoms with Crippen molar-refractivity contribution in [3.8, 4) is 11.1 Å². The zero-order valence-corrected chi connectivity index (χ0v) is 10.3. The summed E-state index contributed by atoms with van der Waals surface area (Å²) in [6.07, 6.45) is 1.66. The molecule has 0 aliphatic rings. The first-order chi connectivity index (χ1) is 8.08. The number of halogens is 1. The second kappa shape index (κ2) is 4.67. The Morgan fingerprint density at radius 2 is 2.06 bits per heavy atom. The first-order valence-electron chi connectivity index (χ1n) is 5.51. The third-order valence-corrected chi connectivity index (χ3v) is 2.65. The molecule has 0 saturated carbocycles. The highest BCUT2D eigenvalue weighted by atomic mass is 19.1. The summed E-state index contributed by atoms with van der Waals surface area (Å²) in [6.45, 7) is 2.69. The number of aryl methyl sites for hydroxylation is 1. The number of aromatic nitrogens is 2. The van der Waals surface area contributed by atoms with Gasteiger partial charge in [-0.05, 0) is 38.7 Å². The zero-order chi connectivity index (χ0) is 12.4.